The first-order chi connectivity index (χ1) is 17.3. The molecule has 4 rings (SSSR count). The van der Waals surface area contributed by atoms with Crippen LogP contribution in [-0.4, -0.2) is 41.0 Å². The molecule has 1 fully saturated rings. The molecule has 1 aliphatic rings. The Morgan fingerprint density at radius 1 is 0.944 bits per heavy atom. The van der Waals surface area contributed by atoms with Gasteiger partial charge in [-0.15, -0.1) is 0 Å². The van der Waals surface area contributed by atoms with Crippen LogP contribution in [0.25, 0.3) is 5.76 Å². The third kappa shape index (κ3) is 5.34. The highest BCUT2D eigenvalue weighted by molar-refractivity contribution is 6.46. The van der Waals surface area contributed by atoms with E-state index >= 15 is 0 Å². The molecular formula is C30H31NO5. The van der Waals surface area contributed by atoms with Crippen molar-refractivity contribution in [1.29, 1.82) is 0 Å². The van der Waals surface area contributed by atoms with Gasteiger partial charge in [0.25, 0.3) is 11.7 Å². The molecule has 1 unspecified atom stereocenters. The van der Waals surface area contributed by atoms with Crippen molar-refractivity contribution in [3.8, 4) is 11.5 Å². The van der Waals surface area contributed by atoms with Crippen molar-refractivity contribution in [3.05, 3.63) is 101 Å². The zero-order valence-electron chi connectivity index (χ0n) is 21.0. The maximum Gasteiger partial charge on any atom is 0.295 e. The molecule has 0 bridgehead atoms. The third-order valence-corrected chi connectivity index (χ3v) is 6.12. The monoisotopic (exact) mass is 485 g/mol. The first-order valence-corrected chi connectivity index (χ1v) is 12.1. The van der Waals surface area contributed by atoms with E-state index in [9.17, 15) is 14.7 Å². The number of hydrogen-bond acceptors (Lipinski definition) is 5. The minimum absolute atomic E-state index is 0.0159. The van der Waals surface area contributed by atoms with Gasteiger partial charge in [-0.1, -0.05) is 48.0 Å². The quantitative estimate of drug-likeness (QED) is 0.243. The zero-order chi connectivity index (χ0) is 25.8. The fourth-order valence-corrected chi connectivity index (χ4v) is 4.35. The summed E-state index contributed by atoms with van der Waals surface area (Å²) >= 11 is 0. The summed E-state index contributed by atoms with van der Waals surface area (Å²) in [4.78, 5) is 28.0. The molecule has 0 saturated carbocycles. The smallest absolute Gasteiger partial charge is 0.295 e. The number of aliphatic hydroxyl groups is 1. The number of ether oxygens (including phenoxy) is 2. The summed E-state index contributed by atoms with van der Waals surface area (Å²) in [5.74, 6) is -0.314. The fraction of sp³-hybridized carbons (Fsp3) is 0.267. The Bertz CT molecular complexity index is 1300. The van der Waals surface area contributed by atoms with E-state index in [0.717, 1.165) is 11.1 Å². The molecule has 186 valence electrons. The minimum atomic E-state index is -0.778. The molecule has 1 heterocycles. The summed E-state index contributed by atoms with van der Waals surface area (Å²) in [7, 11) is 0. The normalized spacial score (nSPS) is 17.1. The number of Topliss-reactive ketones (excluding diaryl/α,β-unsaturated/α-hetero) is 1. The molecule has 1 saturated heterocycles. The number of carbonyl (C=O) groups excluding carboxylic acids is 2. The van der Waals surface area contributed by atoms with Crippen LogP contribution in [0.5, 0.6) is 11.5 Å². The van der Waals surface area contributed by atoms with Gasteiger partial charge >= 0.3 is 0 Å². The molecule has 0 aliphatic carbocycles. The molecular weight excluding hydrogens is 454 g/mol. The standard InChI is InChI=1S/C30H31NO5/c1-19(2)35-16-15-31-27(22-9-8-12-24(18-22)36-23-10-6-5-7-11-23)26(29(33)30(31)34)28(32)25-17-20(3)13-14-21(25)4/h5-14,17-19,27,32H,15-16H2,1-4H3/b28-26+. The SMILES string of the molecule is Cc1ccc(C)c(/C(O)=C2\C(=O)C(=O)N(CCOC(C)C)C2c2cccc(Oc3ccccc3)c2)c1. The Morgan fingerprint density at radius 3 is 2.39 bits per heavy atom. The lowest BCUT2D eigenvalue weighted by atomic mass is 9.93. The predicted octanol–water partition coefficient (Wildman–Crippen LogP) is 5.94. The highest BCUT2D eigenvalue weighted by atomic mass is 16.5. The van der Waals surface area contributed by atoms with Crippen molar-refractivity contribution in [2.24, 2.45) is 0 Å². The van der Waals surface area contributed by atoms with Gasteiger partial charge in [0.15, 0.2) is 0 Å². The molecule has 6 nitrogen and oxygen atoms in total. The topological polar surface area (TPSA) is 76.1 Å². The van der Waals surface area contributed by atoms with Gasteiger partial charge in [0.2, 0.25) is 0 Å². The number of hydrogen-bond donors (Lipinski definition) is 1. The Hall–Kier alpha value is -3.90. The number of likely N-dealkylation sites (tertiary alicyclic amines) is 1. The van der Waals surface area contributed by atoms with Gasteiger partial charge in [-0.25, -0.2) is 0 Å². The summed E-state index contributed by atoms with van der Waals surface area (Å²) in [5.41, 5.74) is 3.02. The molecule has 3 aromatic carbocycles. The van der Waals surface area contributed by atoms with E-state index in [0.29, 0.717) is 22.6 Å². The molecule has 1 amide bonds. The lowest BCUT2D eigenvalue weighted by Gasteiger charge is -2.26. The van der Waals surface area contributed by atoms with Crippen molar-refractivity contribution in [3.63, 3.8) is 0 Å². The average molecular weight is 486 g/mol. The lowest BCUT2D eigenvalue weighted by Crippen LogP contribution is -2.33. The highest BCUT2D eigenvalue weighted by Gasteiger charge is 2.46. The molecule has 0 aromatic heterocycles. The molecule has 3 aromatic rings. The molecule has 6 heteroatoms. The molecule has 36 heavy (non-hydrogen) atoms. The molecule has 1 atom stereocenters. The summed E-state index contributed by atoms with van der Waals surface area (Å²) in [5, 5.41) is 11.4. The Balaban J connectivity index is 1.80. The first kappa shape index (κ1) is 25.2. The molecule has 1 aliphatic heterocycles. The minimum Gasteiger partial charge on any atom is -0.507 e. The second-order valence-corrected chi connectivity index (χ2v) is 9.22. The van der Waals surface area contributed by atoms with E-state index in [4.69, 9.17) is 9.47 Å². The van der Waals surface area contributed by atoms with Gasteiger partial charge < -0.3 is 19.5 Å². The van der Waals surface area contributed by atoms with Crippen molar-refractivity contribution in [1.82, 2.24) is 4.90 Å². The number of nitrogens with zero attached hydrogens (tertiary/aromatic N) is 1. The molecule has 0 radical (unpaired) electrons. The number of benzene rings is 3. The van der Waals surface area contributed by atoms with E-state index in [-0.39, 0.29) is 30.6 Å². The van der Waals surface area contributed by atoms with E-state index < -0.39 is 17.7 Å². The summed E-state index contributed by atoms with van der Waals surface area (Å²) in [6.07, 6.45) is -0.0159. The number of aliphatic hydroxyl groups excluding tert-OH is 1. The number of para-hydroxylation sites is 1. The van der Waals surface area contributed by atoms with Crippen molar-refractivity contribution in [2.45, 2.75) is 39.8 Å². The van der Waals surface area contributed by atoms with E-state index in [2.05, 4.69) is 0 Å². The maximum atomic E-state index is 13.3. The number of carbonyl (C=O) groups is 2. The lowest BCUT2D eigenvalue weighted by molar-refractivity contribution is -0.140. The van der Waals surface area contributed by atoms with Crippen LogP contribution < -0.4 is 4.74 Å². The number of amides is 1. The maximum absolute atomic E-state index is 13.3. The number of aryl methyl sites for hydroxylation is 2. The van der Waals surface area contributed by atoms with Gasteiger partial charge in [0.1, 0.15) is 17.3 Å². The second-order valence-electron chi connectivity index (χ2n) is 9.22. The Kier molecular flexibility index (Phi) is 7.55. The number of ketones is 1. The van der Waals surface area contributed by atoms with Gasteiger partial charge in [-0.3, -0.25) is 9.59 Å². The van der Waals surface area contributed by atoms with Gasteiger partial charge in [-0.05, 0) is 69.2 Å². The Labute approximate surface area is 211 Å². The van der Waals surface area contributed by atoms with Crippen LogP contribution in [0.3, 0.4) is 0 Å². The highest BCUT2D eigenvalue weighted by Crippen LogP contribution is 2.41. The summed E-state index contributed by atoms with van der Waals surface area (Å²) in [6, 6.07) is 21.5. The van der Waals surface area contributed by atoms with Crippen molar-refractivity contribution in [2.75, 3.05) is 13.2 Å². The average Bonchev–Trinajstić information content (AvgIpc) is 3.11. The van der Waals surface area contributed by atoms with Crippen molar-refractivity contribution < 1.29 is 24.2 Å². The predicted molar refractivity (Wildman–Crippen MR) is 139 cm³/mol. The van der Waals surface area contributed by atoms with Crippen LogP contribution >= 0.6 is 0 Å². The van der Waals surface area contributed by atoms with Crippen LogP contribution in [-0.2, 0) is 14.3 Å². The second kappa shape index (κ2) is 10.8. The largest absolute Gasteiger partial charge is 0.507 e. The van der Waals surface area contributed by atoms with E-state index in [1.165, 1.54) is 4.90 Å². The van der Waals surface area contributed by atoms with Crippen LogP contribution in [0.4, 0.5) is 0 Å². The van der Waals surface area contributed by atoms with Crippen LogP contribution in [0.15, 0.2) is 78.4 Å². The van der Waals surface area contributed by atoms with E-state index in [1.54, 1.807) is 6.07 Å². The third-order valence-electron chi connectivity index (χ3n) is 6.12. The number of rotatable bonds is 8. The van der Waals surface area contributed by atoms with Crippen LogP contribution in [0, 0.1) is 13.8 Å². The van der Waals surface area contributed by atoms with Gasteiger partial charge in [-0.2, -0.15) is 0 Å². The van der Waals surface area contributed by atoms with Crippen LogP contribution in [0.2, 0.25) is 0 Å². The molecule has 0 spiro atoms. The fourth-order valence-electron chi connectivity index (χ4n) is 4.35. The van der Waals surface area contributed by atoms with Gasteiger partial charge in [0.05, 0.1) is 24.3 Å². The zero-order valence-corrected chi connectivity index (χ0v) is 21.0. The summed E-state index contributed by atoms with van der Waals surface area (Å²) < 4.78 is 11.7. The van der Waals surface area contributed by atoms with E-state index in [1.807, 2.05) is 94.4 Å². The van der Waals surface area contributed by atoms with Crippen LogP contribution in [0.1, 0.15) is 42.1 Å². The van der Waals surface area contributed by atoms with Crippen molar-refractivity contribution >= 4 is 17.4 Å². The molecule has 1 N–H and O–H groups in total. The first-order valence-electron chi connectivity index (χ1n) is 12.1. The Morgan fingerprint density at radius 2 is 1.67 bits per heavy atom. The van der Waals surface area contributed by atoms with Gasteiger partial charge in [0, 0.05) is 12.1 Å². The summed E-state index contributed by atoms with van der Waals surface area (Å²) in [6.45, 7) is 8.09.